The normalized spacial score (nSPS) is 16.7. The summed E-state index contributed by atoms with van der Waals surface area (Å²) in [7, 11) is 0. The van der Waals surface area contributed by atoms with Crippen LogP contribution in [0.3, 0.4) is 0 Å². The fourth-order valence-corrected chi connectivity index (χ4v) is 2.93. The standard InChI is InChI=1S/C18H26N4O/c1-2-3-9-17-19-18(23-20-17)15-22-12-10-21(11-13-22)14-16-7-5-4-6-8-16/h4-8H,2-3,9-15H2,1H3. The second-order valence-corrected chi connectivity index (χ2v) is 6.25. The third kappa shape index (κ3) is 4.88. The molecule has 0 amide bonds. The molecule has 0 bridgehead atoms. The molecule has 2 aromatic rings. The lowest BCUT2D eigenvalue weighted by Crippen LogP contribution is -2.45. The molecule has 1 aromatic carbocycles. The Morgan fingerprint density at radius 2 is 1.70 bits per heavy atom. The minimum Gasteiger partial charge on any atom is -0.338 e. The highest BCUT2D eigenvalue weighted by molar-refractivity contribution is 5.14. The Balaban J connectivity index is 1.43. The zero-order valence-electron chi connectivity index (χ0n) is 13.9. The van der Waals surface area contributed by atoms with E-state index in [4.69, 9.17) is 4.52 Å². The SMILES string of the molecule is CCCCc1noc(CN2CCN(Cc3ccccc3)CC2)n1. The van der Waals surface area contributed by atoms with Crippen LogP contribution in [-0.2, 0) is 19.5 Å². The van der Waals surface area contributed by atoms with Gasteiger partial charge in [-0.25, -0.2) is 0 Å². The van der Waals surface area contributed by atoms with Gasteiger partial charge in [0, 0.05) is 39.1 Å². The zero-order chi connectivity index (χ0) is 15.9. The Kier molecular flexibility index (Phi) is 5.77. The van der Waals surface area contributed by atoms with E-state index in [-0.39, 0.29) is 0 Å². The first-order valence-corrected chi connectivity index (χ1v) is 8.63. The molecule has 0 saturated carbocycles. The first-order valence-electron chi connectivity index (χ1n) is 8.63. The molecule has 124 valence electrons. The maximum atomic E-state index is 5.37. The third-order valence-electron chi connectivity index (χ3n) is 4.34. The average molecular weight is 314 g/mol. The van der Waals surface area contributed by atoms with E-state index in [0.717, 1.165) is 70.2 Å². The summed E-state index contributed by atoms with van der Waals surface area (Å²) in [5, 5.41) is 4.07. The molecule has 0 unspecified atom stereocenters. The first kappa shape index (κ1) is 16.1. The van der Waals surface area contributed by atoms with Gasteiger partial charge in [0.1, 0.15) is 0 Å². The van der Waals surface area contributed by atoms with Gasteiger partial charge in [-0.2, -0.15) is 4.98 Å². The van der Waals surface area contributed by atoms with Crippen molar-refractivity contribution in [2.24, 2.45) is 0 Å². The predicted octanol–water partition coefficient (Wildman–Crippen LogP) is 2.73. The molecule has 2 heterocycles. The smallest absolute Gasteiger partial charge is 0.240 e. The maximum absolute atomic E-state index is 5.37. The largest absolute Gasteiger partial charge is 0.338 e. The van der Waals surface area contributed by atoms with Crippen LogP contribution in [0.15, 0.2) is 34.9 Å². The van der Waals surface area contributed by atoms with Crippen molar-refractivity contribution in [2.45, 2.75) is 39.3 Å². The van der Waals surface area contributed by atoms with Crippen LogP contribution in [0.5, 0.6) is 0 Å². The van der Waals surface area contributed by atoms with Crippen molar-refractivity contribution in [1.82, 2.24) is 19.9 Å². The molecule has 5 nitrogen and oxygen atoms in total. The van der Waals surface area contributed by atoms with E-state index < -0.39 is 0 Å². The van der Waals surface area contributed by atoms with Crippen LogP contribution in [0.2, 0.25) is 0 Å². The summed E-state index contributed by atoms with van der Waals surface area (Å²) in [6.45, 7) is 8.28. The fourth-order valence-electron chi connectivity index (χ4n) is 2.93. The molecule has 0 N–H and O–H groups in total. The van der Waals surface area contributed by atoms with Crippen LogP contribution in [0, 0.1) is 0 Å². The van der Waals surface area contributed by atoms with E-state index >= 15 is 0 Å². The predicted molar refractivity (Wildman–Crippen MR) is 89.9 cm³/mol. The van der Waals surface area contributed by atoms with Crippen molar-refractivity contribution >= 4 is 0 Å². The number of aromatic nitrogens is 2. The summed E-state index contributed by atoms with van der Waals surface area (Å²) in [6.07, 6.45) is 3.20. The van der Waals surface area contributed by atoms with E-state index in [1.807, 2.05) is 0 Å². The van der Waals surface area contributed by atoms with Gasteiger partial charge in [0.05, 0.1) is 6.54 Å². The molecule has 0 spiro atoms. The summed E-state index contributed by atoms with van der Waals surface area (Å²) in [5.41, 5.74) is 1.39. The summed E-state index contributed by atoms with van der Waals surface area (Å²) >= 11 is 0. The lowest BCUT2D eigenvalue weighted by atomic mass is 10.2. The third-order valence-corrected chi connectivity index (χ3v) is 4.34. The van der Waals surface area contributed by atoms with Crippen molar-refractivity contribution < 1.29 is 4.52 Å². The molecular formula is C18H26N4O. The van der Waals surface area contributed by atoms with Crippen molar-refractivity contribution in [3.05, 3.63) is 47.6 Å². The van der Waals surface area contributed by atoms with Crippen molar-refractivity contribution in [2.75, 3.05) is 26.2 Å². The molecule has 1 aromatic heterocycles. The van der Waals surface area contributed by atoms with Crippen LogP contribution >= 0.6 is 0 Å². The number of hydrogen-bond acceptors (Lipinski definition) is 5. The van der Waals surface area contributed by atoms with Gasteiger partial charge < -0.3 is 4.52 Å². The van der Waals surface area contributed by atoms with E-state index in [1.54, 1.807) is 0 Å². The van der Waals surface area contributed by atoms with E-state index in [9.17, 15) is 0 Å². The van der Waals surface area contributed by atoms with Gasteiger partial charge in [-0.05, 0) is 12.0 Å². The summed E-state index contributed by atoms with van der Waals surface area (Å²) in [6, 6.07) is 10.7. The highest BCUT2D eigenvalue weighted by atomic mass is 16.5. The highest BCUT2D eigenvalue weighted by Gasteiger charge is 2.19. The highest BCUT2D eigenvalue weighted by Crippen LogP contribution is 2.11. The lowest BCUT2D eigenvalue weighted by Gasteiger charge is -2.33. The van der Waals surface area contributed by atoms with Crippen LogP contribution in [-0.4, -0.2) is 46.1 Å². The van der Waals surface area contributed by atoms with Gasteiger partial charge in [-0.3, -0.25) is 9.80 Å². The first-order chi connectivity index (χ1) is 11.3. The Morgan fingerprint density at radius 1 is 1.00 bits per heavy atom. The van der Waals surface area contributed by atoms with E-state index in [0.29, 0.717) is 0 Å². The summed E-state index contributed by atoms with van der Waals surface area (Å²) in [4.78, 5) is 9.40. The quantitative estimate of drug-likeness (QED) is 0.786. The summed E-state index contributed by atoms with van der Waals surface area (Å²) in [5.74, 6) is 1.61. The Labute approximate surface area is 138 Å². The zero-order valence-corrected chi connectivity index (χ0v) is 13.9. The molecule has 1 aliphatic rings. The van der Waals surface area contributed by atoms with Gasteiger partial charge >= 0.3 is 0 Å². The minimum atomic E-state index is 0.757. The fraction of sp³-hybridized carbons (Fsp3) is 0.556. The molecule has 0 radical (unpaired) electrons. The van der Waals surface area contributed by atoms with Gasteiger partial charge in [0.15, 0.2) is 5.82 Å². The molecule has 0 aliphatic carbocycles. The van der Waals surface area contributed by atoms with E-state index in [1.165, 1.54) is 5.56 Å². The molecule has 23 heavy (non-hydrogen) atoms. The van der Waals surface area contributed by atoms with Gasteiger partial charge in [-0.15, -0.1) is 0 Å². The Morgan fingerprint density at radius 3 is 2.39 bits per heavy atom. The van der Waals surface area contributed by atoms with Crippen molar-refractivity contribution in [1.29, 1.82) is 0 Å². The van der Waals surface area contributed by atoms with Crippen LogP contribution in [0.25, 0.3) is 0 Å². The maximum Gasteiger partial charge on any atom is 0.240 e. The van der Waals surface area contributed by atoms with Crippen molar-refractivity contribution in [3.8, 4) is 0 Å². The summed E-state index contributed by atoms with van der Waals surface area (Å²) < 4.78 is 5.37. The number of nitrogens with zero attached hydrogens (tertiary/aromatic N) is 4. The number of rotatable bonds is 7. The minimum absolute atomic E-state index is 0.757. The molecule has 3 rings (SSSR count). The van der Waals surface area contributed by atoms with Crippen LogP contribution in [0.4, 0.5) is 0 Å². The van der Waals surface area contributed by atoms with Gasteiger partial charge in [0.2, 0.25) is 5.89 Å². The van der Waals surface area contributed by atoms with Gasteiger partial charge in [0.25, 0.3) is 0 Å². The number of piperazine rings is 1. The number of aryl methyl sites for hydroxylation is 1. The number of hydrogen-bond donors (Lipinski definition) is 0. The molecule has 1 saturated heterocycles. The average Bonchev–Trinajstić information content (AvgIpc) is 3.03. The number of unbranched alkanes of at least 4 members (excludes halogenated alkanes) is 1. The van der Waals surface area contributed by atoms with Crippen LogP contribution < -0.4 is 0 Å². The molecule has 1 aliphatic heterocycles. The van der Waals surface area contributed by atoms with Gasteiger partial charge in [-0.1, -0.05) is 48.8 Å². The second-order valence-electron chi connectivity index (χ2n) is 6.25. The molecule has 1 fully saturated rings. The van der Waals surface area contributed by atoms with E-state index in [2.05, 4.69) is 57.2 Å². The monoisotopic (exact) mass is 314 g/mol. The van der Waals surface area contributed by atoms with Crippen LogP contribution in [0.1, 0.15) is 37.0 Å². The number of benzene rings is 1. The molecule has 5 heteroatoms. The Hall–Kier alpha value is -1.72. The molecule has 0 atom stereocenters. The van der Waals surface area contributed by atoms with Crippen molar-refractivity contribution in [3.63, 3.8) is 0 Å². The molecular weight excluding hydrogens is 288 g/mol. The Bertz CT molecular complexity index is 576. The lowest BCUT2D eigenvalue weighted by molar-refractivity contribution is 0.112. The second kappa shape index (κ2) is 8.22. The topological polar surface area (TPSA) is 45.4 Å².